The van der Waals surface area contributed by atoms with Crippen molar-refractivity contribution in [2.24, 2.45) is 52.3 Å². The molecule has 11 atom stereocenters. The highest BCUT2D eigenvalue weighted by Gasteiger charge is 2.68. The molecule has 1 unspecified atom stereocenters. The molecule has 5 heteroatoms. The van der Waals surface area contributed by atoms with Crippen molar-refractivity contribution in [3.05, 3.63) is 54.1 Å². The fourth-order valence-corrected chi connectivity index (χ4v) is 10.2. The van der Waals surface area contributed by atoms with E-state index in [1.54, 1.807) is 7.11 Å². The molecule has 7 rings (SSSR count). The van der Waals surface area contributed by atoms with Crippen molar-refractivity contribution in [3.8, 4) is 5.75 Å². The maximum Gasteiger partial charge on any atom is 0.232 e. The number of hydrogen-bond acceptors (Lipinski definition) is 4. The van der Waals surface area contributed by atoms with Crippen molar-refractivity contribution in [1.29, 1.82) is 0 Å². The van der Waals surface area contributed by atoms with Crippen LogP contribution in [0.25, 0.3) is 0 Å². The van der Waals surface area contributed by atoms with Gasteiger partial charge in [-0.3, -0.25) is 9.59 Å². The molecular formula is C33H43NO4. The van der Waals surface area contributed by atoms with Crippen LogP contribution < -0.4 is 10.1 Å². The van der Waals surface area contributed by atoms with E-state index in [0.29, 0.717) is 30.6 Å². The average Bonchev–Trinajstić information content (AvgIpc) is 3.31. The lowest BCUT2D eigenvalue weighted by Crippen LogP contribution is -2.50. The van der Waals surface area contributed by atoms with E-state index in [0.717, 1.165) is 17.7 Å². The van der Waals surface area contributed by atoms with E-state index in [1.165, 1.54) is 12.0 Å². The van der Waals surface area contributed by atoms with Gasteiger partial charge in [0.25, 0.3) is 0 Å². The van der Waals surface area contributed by atoms with E-state index >= 15 is 0 Å². The Morgan fingerprint density at radius 2 is 1.82 bits per heavy atom. The zero-order valence-electron chi connectivity index (χ0n) is 23.8. The second kappa shape index (κ2) is 8.55. The molecule has 0 spiro atoms. The molecule has 6 aliphatic rings. The number of fused-ring (bicyclic) bond motifs is 4. The minimum atomic E-state index is -0.892. The molecule has 3 aliphatic heterocycles. The van der Waals surface area contributed by atoms with Crippen LogP contribution in [0.5, 0.6) is 5.75 Å². The Morgan fingerprint density at radius 1 is 1.11 bits per heavy atom. The first-order valence-electron chi connectivity index (χ1n) is 14.4. The van der Waals surface area contributed by atoms with Gasteiger partial charge in [-0.25, -0.2) is 0 Å². The van der Waals surface area contributed by atoms with Gasteiger partial charge < -0.3 is 14.8 Å². The zero-order valence-corrected chi connectivity index (χ0v) is 23.8. The summed E-state index contributed by atoms with van der Waals surface area (Å²) in [4.78, 5) is 28.2. The van der Waals surface area contributed by atoms with Gasteiger partial charge in [0.1, 0.15) is 29.3 Å². The molecule has 1 aromatic rings. The van der Waals surface area contributed by atoms with E-state index in [1.807, 2.05) is 6.08 Å². The van der Waals surface area contributed by atoms with Crippen LogP contribution in [0.15, 0.2) is 48.6 Å². The number of Topliss-reactive ketones (excluding diaryl/α,β-unsaturated/α-hetero) is 1. The normalized spacial score (nSPS) is 47.5. The lowest BCUT2D eigenvalue weighted by molar-refractivity contribution is -0.139. The first-order valence-corrected chi connectivity index (χ1v) is 14.4. The molecule has 0 aromatic heterocycles. The highest BCUT2D eigenvalue weighted by molar-refractivity contribution is 6.05. The summed E-state index contributed by atoms with van der Waals surface area (Å²) in [6.07, 6.45) is 7.24. The third-order valence-corrected chi connectivity index (χ3v) is 11.2. The fourth-order valence-electron chi connectivity index (χ4n) is 10.2. The summed E-state index contributed by atoms with van der Waals surface area (Å²) in [6, 6.07) is 8.26. The van der Waals surface area contributed by atoms with Gasteiger partial charge in [-0.1, -0.05) is 57.6 Å². The van der Waals surface area contributed by atoms with Gasteiger partial charge in [0.15, 0.2) is 0 Å². The predicted molar refractivity (Wildman–Crippen MR) is 147 cm³/mol. The molecule has 1 N–H and O–H groups in total. The standard InChI is InChI=1S/C33H43NO4/c1-8-31(5)15-20(4)25-24-27(31)28(35)23-17-33(37-7,34-30(23)36)16-21-9-11-22(12-10-21)38-29(24)26-19(3)13-18(2)14-32(25,26)6/h8-12,15,18-19,23-27,29H,1,13-14,16-17H2,2-7H3,(H,34,36)/t18-,19+,23+,24+,25-,26+,27?,29+,31+,32+,33-/m1/s1. The van der Waals surface area contributed by atoms with E-state index in [2.05, 4.69) is 76.9 Å². The van der Waals surface area contributed by atoms with Crippen molar-refractivity contribution in [2.45, 2.75) is 72.1 Å². The van der Waals surface area contributed by atoms with Crippen molar-refractivity contribution >= 4 is 11.7 Å². The first kappa shape index (κ1) is 25.9. The van der Waals surface area contributed by atoms with Crippen LogP contribution in [0.2, 0.25) is 0 Å². The SMILES string of the molecule is C=C[C@@]1(C)C=C(C)[C@@H]2[C@H]3C1C(=O)[C@@H]1C[C@](OC)(Cc4ccc(cc4)O[C@@H]3[C@@H]3[C@@H](C)C[C@@H](C)C[C@]32C)NC1=O. The Bertz CT molecular complexity index is 1200. The summed E-state index contributed by atoms with van der Waals surface area (Å²) < 4.78 is 13.0. The number of hydrogen-bond donors (Lipinski definition) is 1. The second-order valence-corrected chi connectivity index (χ2v) is 13.8. The van der Waals surface area contributed by atoms with Crippen LogP contribution >= 0.6 is 0 Å². The van der Waals surface area contributed by atoms with Crippen molar-refractivity contribution in [2.75, 3.05) is 7.11 Å². The van der Waals surface area contributed by atoms with Crippen LogP contribution in [0.1, 0.15) is 59.4 Å². The maximum absolute atomic E-state index is 14.7. The molecule has 5 nitrogen and oxygen atoms in total. The van der Waals surface area contributed by atoms with Crippen LogP contribution in [0, 0.1) is 52.3 Å². The average molecular weight is 518 g/mol. The number of ether oxygens (including phenoxy) is 2. The lowest BCUT2D eigenvalue weighted by atomic mass is 9.53. The Morgan fingerprint density at radius 3 is 2.47 bits per heavy atom. The topological polar surface area (TPSA) is 64.6 Å². The maximum atomic E-state index is 14.7. The van der Waals surface area contributed by atoms with E-state index in [-0.39, 0.29) is 35.0 Å². The minimum absolute atomic E-state index is 0.0132. The van der Waals surface area contributed by atoms with Gasteiger partial charge in [0.05, 0.1) is 0 Å². The zero-order chi connectivity index (χ0) is 27.2. The van der Waals surface area contributed by atoms with Crippen LogP contribution in [0.4, 0.5) is 0 Å². The third kappa shape index (κ3) is 3.53. The Balaban J connectivity index is 1.59. The van der Waals surface area contributed by atoms with Gasteiger partial charge >= 0.3 is 0 Å². The smallest absolute Gasteiger partial charge is 0.232 e. The number of carbonyl (C=O) groups is 2. The summed E-state index contributed by atoms with van der Waals surface area (Å²) in [5.74, 6) is 1.09. The van der Waals surface area contributed by atoms with E-state index in [9.17, 15) is 9.59 Å². The molecule has 1 aromatic carbocycles. The molecule has 0 radical (unpaired) electrons. The van der Waals surface area contributed by atoms with Crippen molar-refractivity contribution < 1.29 is 19.1 Å². The number of benzene rings is 1. The van der Waals surface area contributed by atoms with Crippen molar-refractivity contribution in [1.82, 2.24) is 5.32 Å². The number of allylic oxidation sites excluding steroid dienone is 3. The Kier molecular flexibility index (Phi) is 5.82. The Labute approximate surface area is 227 Å². The number of amides is 1. The molecular weight excluding hydrogens is 474 g/mol. The summed E-state index contributed by atoms with van der Waals surface area (Å²) in [5.41, 5.74) is 0.941. The number of methoxy groups -OCH3 is 1. The first-order chi connectivity index (χ1) is 17.9. The number of ketones is 1. The number of carbonyl (C=O) groups excluding carboxylic acids is 2. The quantitative estimate of drug-likeness (QED) is 0.401. The Hall–Kier alpha value is -2.40. The van der Waals surface area contributed by atoms with Gasteiger partial charge in [0, 0.05) is 43.1 Å². The van der Waals surface area contributed by atoms with Gasteiger partial charge in [-0.15, -0.1) is 6.58 Å². The fraction of sp³-hybridized carbons (Fsp3) is 0.636. The number of rotatable bonds is 2. The summed E-state index contributed by atoms with van der Waals surface area (Å²) in [5, 5.41) is 3.09. The molecule has 4 bridgehead atoms. The van der Waals surface area contributed by atoms with E-state index < -0.39 is 23.0 Å². The highest BCUT2D eigenvalue weighted by atomic mass is 16.5. The number of nitrogens with one attached hydrogen (secondary N) is 1. The molecule has 3 fully saturated rings. The summed E-state index contributed by atoms with van der Waals surface area (Å²) in [6.45, 7) is 15.8. The summed E-state index contributed by atoms with van der Waals surface area (Å²) in [7, 11) is 1.63. The molecule has 204 valence electrons. The van der Waals surface area contributed by atoms with Gasteiger partial charge in [-0.2, -0.15) is 0 Å². The van der Waals surface area contributed by atoms with Crippen LogP contribution in [-0.2, 0) is 20.7 Å². The minimum Gasteiger partial charge on any atom is -0.490 e. The second-order valence-electron chi connectivity index (χ2n) is 13.8. The molecule has 3 aliphatic carbocycles. The monoisotopic (exact) mass is 517 g/mol. The van der Waals surface area contributed by atoms with Crippen LogP contribution in [-0.4, -0.2) is 30.6 Å². The summed E-state index contributed by atoms with van der Waals surface area (Å²) >= 11 is 0. The highest BCUT2D eigenvalue weighted by Crippen LogP contribution is 2.68. The predicted octanol–water partition coefficient (Wildman–Crippen LogP) is 5.74. The van der Waals surface area contributed by atoms with Crippen LogP contribution in [0.3, 0.4) is 0 Å². The largest absolute Gasteiger partial charge is 0.490 e. The molecule has 1 amide bonds. The lowest BCUT2D eigenvalue weighted by Gasteiger charge is -2.50. The molecule has 3 heterocycles. The third-order valence-electron chi connectivity index (χ3n) is 11.2. The van der Waals surface area contributed by atoms with Gasteiger partial charge in [-0.05, 0) is 60.6 Å². The molecule has 38 heavy (non-hydrogen) atoms. The van der Waals surface area contributed by atoms with E-state index in [4.69, 9.17) is 9.47 Å². The van der Waals surface area contributed by atoms with Gasteiger partial charge in [0.2, 0.25) is 5.91 Å². The molecule has 2 saturated carbocycles. The van der Waals surface area contributed by atoms with Crippen molar-refractivity contribution in [3.63, 3.8) is 0 Å². The molecule has 1 saturated heterocycles.